The first-order chi connectivity index (χ1) is 6.26. The Morgan fingerprint density at radius 2 is 2.08 bits per heavy atom. The van der Waals surface area contributed by atoms with E-state index in [1.54, 1.807) is 7.05 Å². The van der Waals surface area contributed by atoms with E-state index in [0.29, 0.717) is 6.42 Å². The fraction of sp³-hybridized carbons (Fsp3) is 0.222. The number of halogens is 1. The second-order valence-electron chi connectivity index (χ2n) is 2.62. The van der Waals surface area contributed by atoms with Crippen molar-refractivity contribution in [3.05, 3.63) is 34.9 Å². The van der Waals surface area contributed by atoms with E-state index in [2.05, 4.69) is 10.4 Å². The number of hydrogen-bond donors (Lipinski definition) is 2. The van der Waals surface area contributed by atoms with Gasteiger partial charge in [-0.3, -0.25) is 4.99 Å². The van der Waals surface area contributed by atoms with Gasteiger partial charge in [0.05, 0.1) is 0 Å². The molecule has 0 saturated heterocycles. The topological polar surface area (TPSA) is 50.4 Å². The summed E-state index contributed by atoms with van der Waals surface area (Å²) in [5.41, 5.74) is 3.66. The van der Waals surface area contributed by atoms with Crippen molar-refractivity contribution in [3.63, 3.8) is 0 Å². The summed E-state index contributed by atoms with van der Waals surface area (Å²) in [6, 6.07) is 7.59. The maximum absolute atomic E-state index is 5.75. The number of hydrogen-bond acceptors (Lipinski definition) is 2. The van der Waals surface area contributed by atoms with E-state index in [0.717, 1.165) is 16.4 Å². The molecule has 0 aromatic heterocycles. The van der Waals surface area contributed by atoms with Gasteiger partial charge in [0, 0.05) is 18.5 Å². The summed E-state index contributed by atoms with van der Waals surface area (Å²) in [7, 11) is 1.70. The molecule has 0 amide bonds. The fourth-order valence-corrected chi connectivity index (χ4v) is 1.12. The zero-order valence-corrected chi connectivity index (χ0v) is 8.17. The van der Waals surface area contributed by atoms with Gasteiger partial charge in [0.25, 0.3) is 0 Å². The van der Waals surface area contributed by atoms with Gasteiger partial charge in [-0.05, 0) is 17.7 Å². The smallest absolute Gasteiger partial charge is 0.114 e. The van der Waals surface area contributed by atoms with E-state index in [1.807, 2.05) is 24.3 Å². The Morgan fingerprint density at radius 3 is 2.54 bits per heavy atom. The first-order valence-electron chi connectivity index (χ1n) is 3.93. The Morgan fingerprint density at radius 1 is 1.46 bits per heavy atom. The standard InChI is InChI=1S/C9H12ClN3/c1-12-9(13-11)6-7-2-4-8(10)5-3-7/h2-5H,6,11H2,1H3,(H,12,13). The molecule has 3 N–H and O–H groups in total. The second-order valence-corrected chi connectivity index (χ2v) is 3.05. The monoisotopic (exact) mass is 197 g/mol. The molecule has 0 fully saturated rings. The Kier molecular flexibility index (Phi) is 3.73. The lowest BCUT2D eigenvalue weighted by molar-refractivity contribution is 0.981. The van der Waals surface area contributed by atoms with Gasteiger partial charge in [0.15, 0.2) is 0 Å². The highest BCUT2D eigenvalue weighted by molar-refractivity contribution is 6.30. The highest BCUT2D eigenvalue weighted by atomic mass is 35.5. The Labute approximate surface area is 82.6 Å². The summed E-state index contributed by atoms with van der Waals surface area (Å²) in [5.74, 6) is 6.01. The van der Waals surface area contributed by atoms with Crippen LogP contribution < -0.4 is 11.3 Å². The third-order valence-corrected chi connectivity index (χ3v) is 1.97. The van der Waals surface area contributed by atoms with E-state index in [4.69, 9.17) is 17.4 Å². The minimum absolute atomic E-state index is 0.699. The lowest BCUT2D eigenvalue weighted by Gasteiger charge is -2.04. The van der Waals surface area contributed by atoms with Gasteiger partial charge in [-0.1, -0.05) is 23.7 Å². The van der Waals surface area contributed by atoms with Crippen LogP contribution in [0.5, 0.6) is 0 Å². The average Bonchev–Trinajstić information content (AvgIpc) is 2.17. The number of hydrazine groups is 1. The van der Waals surface area contributed by atoms with Crippen LogP contribution in [0.4, 0.5) is 0 Å². The summed E-state index contributed by atoms with van der Waals surface area (Å²) in [4.78, 5) is 3.97. The van der Waals surface area contributed by atoms with Gasteiger partial charge in [-0.15, -0.1) is 0 Å². The minimum Gasteiger partial charge on any atom is -0.312 e. The normalized spacial score (nSPS) is 11.5. The Bertz CT molecular complexity index is 292. The maximum Gasteiger partial charge on any atom is 0.114 e. The predicted molar refractivity (Wildman–Crippen MR) is 55.8 cm³/mol. The number of nitrogens with zero attached hydrogens (tertiary/aromatic N) is 1. The number of rotatable bonds is 2. The van der Waals surface area contributed by atoms with Crippen LogP contribution in [-0.2, 0) is 6.42 Å². The van der Waals surface area contributed by atoms with Crippen LogP contribution >= 0.6 is 11.6 Å². The zero-order chi connectivity index (χ0) is 9.68. The van der Waals surface area contributed by atoms with Crippen LogP contribution in [0.3, 0.4) is 0 Å². The first kappa shape index (κ1) is 10.0. The van der Waals surface area contributed by atoms with Gasteiger partial charge in [-0.25, -0.2) is 5.84 Å². The molecule has 3 nitrogen and oxygen atoms in total. The molecule has 0 aliphatic heterocycles. The van der Waals surface area contributed by atoms with Crippen molar-refractivity contribution in [2.45, 2.75) is 6.42 Å². The lowest BCUT2D eigenvalue weighted by Crippen LogP contribution is -2.31. The van der Waals surface area contributed by atoms with Crippen LogP contribution in [0.1, 0.15) is 5.56 Å². The molecule has 13 heavy (non-hydrogen) atoms. The summed E-state index contributed by atoms with van der Waals surface area (Å²) in [5, 5.41) is 0.736. The third kappa shape index (κ3) is 3.05. The van der Waals surface area contributed by atoms with Crippen molar-refractivity contribution < 1.29 is 0 Å². The fourth-order valence-electron chi connectivity index (χ4n) is 0.990. The minimum atomic E-state index is 0.699. The number of nitrogens with two attached hydrogens (primary N) is 1. The van der Waals surface area contributed by atoms with E-state index in [1.165, 1.54) is 0 Å². The van der Waals surface area contributed by atoms with Crippen molar-refractivity contribution in [2.75, 3.05) is 7.05 Å². The van der Waals surface area contributed by atoms with Gasteiger partial charge in [0.2, 0.25) is 0 Å². The van der Waals surface area contributed by atoms with Crippen LogP contribution in [0.2, 0.25) is 5.02 Å². The summed E-state index contributed by atoms with van der Waals surface area (Å²) >= 11 is 5.75. The molecule has 0 saturated carbocycles. The van der Waals surface area contributed by atoms with Crippen LogP contribution in [0.25, 0.3) is 0 Å². The number of amidine groups is 1. The molecule has 0 radical (unpaired) electrons. The van der Waals surface area contributed by atoms with Crippen molar-refractivity contribution in [1.82, 2.24) is 5.43 Å². The molecule has 0 bridgehead atoms. The molecule has 0 spiro atoms. The first-order valence-corrected chi connectivity index (χ1v) is 4.30. The number of nitrogens with one attached hydrogen (secondary N) is 1. The summed E-state index contributed by atoms with van der Waals surface area (Å²) in [6.07, 6.45) is 0.699. The summed E-state index contributed by atoms with van der Waals surface area (Å²) < 4.78 is 0. The Balaban J connectivity index is 2.69. The Hall–Kier alpha value is -1.06. The van der Waals surface area contributed by atoms with Crippen molar-refractivity contribution in [1.29, 1.82) is 0 Å². The number of aliphatic imine (C=N–C) groups is 1. The van der Waals surface area contributed by atoms with Gasteiger partial charge in [0.1, 0.15) is 5.84 Å². The molecule has 0 atom stereocenters. The third-order valence-electron chi connectivity index (χ3n) is 1.72. The van der Waals surface area contributed by atoms with E-state index >= 15 is 0 Å². The second kappa shape index (κ2) is 4.84. The van der Waals surface area contributed by atoms with Gasteiger partial charge < -0.3 is 5.43 Å². The molecular weight excluding hydrogens is 186 g/mol. The molecule has 0 heterocycles. The van der Waals surface area contributed by atoms with E-state index < -0.39 is 0 Å². The zero-order valence-electron chi connectivity index (χ0n) is 7.42. The molecule has 70 valence electrons. The molecule has 0 aliphatic rings. The van der Waals surface area contributed by atoms with E-state index in [-0.39, 0.29) is 0 Å². The predicted octanol–water partition coefficient (Wildman–Crippen LogP) is 1.37. The highest BCUT2D eigenvalue weighted by Gasteiger charge is 1.97. The molecule has 1 aromatic carbocycles. The van der Waals surface area contributed by atoms with Crippen molar-refractivity contribution >= 4 is 17.4 Å². The van der Waals surface area contributed by atoms with Crippen molar-refractivity contribution in [3.8, 4) is 0 Å². The quantitative estimate of drug-likeness (QED) is 0.326. The largest absolute Gasteiger partial charge is 0.312 e. The average molecular weight is 198 g/mol. The SMILES string of the molecule is CN=C(Cc1ccc(Cl)cc1)NN. The number of benzene rings is 1. The molecule has 1 rings (SSSR count). The highest BCUT2D eigenvalue weighted by Crippen LogP contribution is 2.09. The van der Waals surface area contributed by atoms with Crippen LogP contribution in [-0.4, -0.2) is 12.9 Å². The molecule has 1 aromatic rings. The molecule has 0 unspecified atom stereocenters. The van der Waals surface area contributed by atoms with E-state index in [9.17, 15) is 0 Å². The maximum atomic E-state index is 5.75. The lowest BCUT2D eigenvalue weighted by atomic mass is 10.1. The van der Waals surface area contributed by atoms with Crippen molar-refractivity contribution in [2.24, 2.45) is 10.8 Å². The van der Waals surface area contributed by atoms with Crippen LogP contribution in [0.15, 0.2) is 29.3 Å². The van der Waals surface area contributed by atoms with Gasteiger partial charge in [-0.2, -0.15) is 0 Å². The molecule has 4 heteroatoms. The van der Waals surface area contributed by atoms with Crippen LogP contribution in [0, 0.1) is 0 Å². The molecule has 0 aliphatic carbocycles. The summed E-state index contributed by atoms with van der Waals surface area (Å²) in [6.45, 7) is 0. The van der Waals surface area contributed by atoms with Gasteiger partial charge >= 0.3 is 0 Å². The molecular formula is C9H12ClN3.